The van der Waals surface area contributed by atoms with Crippen LogP contribution in [0.25, 0.3) is 22.4 Å². The van der Waals surface area contributed by atoms with Gasteiger partial charge in [-0.2, -0.15) is 0 Å². The number of benzene rings is 3. The van der Waals surface area contributed by atoms with E-state index >= 15 is 0 Å². The fourth-order valence-corrected chi connectivity index (χ4v) is 5.40. The van der Waals surface area contributed by atoms with E-state index in [4.69, 9.17) is 30.5 Å². The summed E-state index contributed by atoms with van der Waals surface area (Å²) in [4.78, 5) is 9.05. The zero-order chi connectivity index (χ0) is 31.7. The number of aromatic nitrogens is 2. The Morgan fingerprint density at radius 3 is 1.98 bits per heavy atom. The van der Waals surface area contributed by atoms with Gasteiger partial charge in [-0.25, -0.2) is 23.1 Å². The van der Waals surface area contributed by atoms with Crippen LogP contribution in [0, 0.1) is 0 Å². The van der Waals surface area contributed by atoms with Gasteiger partial charge in [0.15, 0.2) is 0 Å². The number of nitrogens with one attached hydrogen (secondary N) is 2. The zero-order valence-corrected chi connectivity index (χ0v) is 26.9. The highest BCUT2D eigenvalue weighted by atomic mass is 35.5. The Labute approximate surface area is 270 Å². The highest BCUT2D eigenvalue weighted by molar-refractivity contribution is 7.89. The van der Waals surface area contributed by atoms with Gasteiger partial charge >= 0.3 is 0 Å². The first kappa shape index (κ1) is 34.5. The fraction of sp³-hybridized carbons (Fsp3) is 0.333. The molecule has 0 amide bonds. The monoisotopic (exact) mass is 654 g/mol. The summed E-state index contributed by atoms with van der Waals surface area (Å²) in [5.74, 6) is 0.332. The maximum absolute atomic E-state index is 12.7. The van der Waals surface area contributed by atoms with Crippen LogP contribution in [0.1, 0.15) is 13.3 Å². The van der Waals surface area contributed by atoms with Gasteiger partial charge in [0.2, 0.25) is 16.0 Å². The first-order chi connectivity index (χ1) is 22.0. The molecule has 240 valence electrons. The molecule has 0 saturated heterocycles. The highest BCUT2D eigenvalue weighted by Crippen LogP contribution is 2.30. The minimum atomic E-state index is -3.71. The maximum Gasteiger partial charge on any atom is 0.240 e. The number of anilines is 2. The van der Waals surface area contributed by atoms with Crippen LogP contribution in [-0.2, 0) is 29.0 Å². The quantitative estimate of drug-likeness (QED) is 0.111. The summed E-state index contributed by atoms with van der Waals surface area (Å²) in [5, 5.41) is 3.54. The number of halogens is 1. The number of hydrogen-bond donors (Lipinski definition) is 2. The van der Waals surface area contributed by atoms with Crippen molar-refractivity contribution in [2.75, 3.05) is 64.7 Å². The summed E-state index contributed by atoms with van der Waals surface area (Å²) >= 11 is 6.47. The van der Waals surface area contributed by atoms with Gasteiger partial charge in [-0.3, -0.25) is 0 Å². The second-order valence-electron chi connectivity index (χ2n) is 9.83. The van der Waals surface area contributed by atoms with Crippen LogP contribution in [0.4, 0.5) is 11.6 Å². The number of ether oxygens (including phenoxy) is 4. The van der Waals surface area contributed by atoms with Gasteiger partial charge in [0, 0.05) is 24.4 Å². The molecule has 3 aromatic carbocycles. The molecule has 0 radical (unpaired) electrons. The minimum absolute atomic E-state index is 0.131. The molecular weight excluding hydrogens is 616 g/mol. The van der Waals surface area contributed by atoms with Gasteiger partial charge in [0.05, 0.1) is 68.1 Å². The molecule has 0 atom stereocenters. The Morgan fingerprint density at radius 1 is 0.711 bits per heavy atom. The van der Waals surface area contributed by atoms with Gasteiger partial charge < -0.3 is 24.3 Å². The lowest BCUT2D eigenvalue weighted by atomic mass is 10.0. The number of nitrogens with zero attached hydrogens (tertiary/aromatic N) is 2. The molecule has 0 saturated carbocycles. The SMILES string of the molecule is CCCOCCOCCOCCOCCNS(=O)(=O)c1ccc(Nc2ncc(Cl)c(-c3cccc(-c4ccccc4)c3)n2)cc1. The Hall–Kier alpha value is -3.42. The Kier molecular flexibility index (Phi) is 14.2. The highest BCUT2D eigenvalue weighted by Gasteiger charge is 2.14. The molecule has 2 N–H and O–H groups in total. The van der Waals surface area contributed by atoms with Crippen LogP contribution in [0.15, 0.2) is 90.0 Å². The van der Waals surface area contributed by atoms with Gasteiger partial charge in [0.25, 0.3) is 0 Å². The second kappa shape index (κ2) is 18.5. The van der Waals surface area contributed by atoms with Crippen LogP contribution < -0.4 is 10.0 Å². The van der Waals surface area contributed by atoms with Crippen LogP contribution >= 0.6 is 11.6 Å². The van der Waals surface area contributed by atoms with Crippen molar-refractivity contribution in [3.05, 3.63) is 90.1 Å². The maximum atomic E-state index is 12.7. The summed E-state index contributed by atoms with van der Waals surface area (Å²) in [6.45, 7) is 5.99. The first-order valence-electron chi connectivity index (χ1n) is 14.8. The molecule has 1 heterocycles. The topological polar surface area (TPSA) is 121 Å². The summed E-state index contributed by atoms with van der Waals surface area (Å²) in [6.07, 6.45) is 2.53. The van der Waals surface area contributed by atoms with Crippen LogP contribution in [-0.4, -0.2) is 77.8 Å². The van der Waals surface area contributed by atoms with Crippen LogP contribution in [0.2, 0.25) is 5.02 Å². The van der Waals surface area contributed by atoms with E-state index in [1.807, 2.05) is 54.6 Å². The molecule has 4 aromatic rings. The molecule has 12 heteroatoms. The number of sulfonamides is 1. The van der Waals surface area contributed by atoms with Crippen LogP contribution in [0.5, 0.6) is 0 Å². The molecule has 0 aliphatic carbocycles. The smallest absolute Gasteiger partial charge is 0.240 e. The van der Waals surface area contributed by atoms with Gasteiger partial charge in [-0.15, -0.1) is 0 Å². The lowest BCUT2D eigenvalue weighted by Crippen LogP contribution is -2.27. The van der Waals surface area contributed by atoms with Crippen molar-refractivity contribution in [1.29, 1.82) is 0 Å². The van der Waals surface area contributed by atoms with E-state index in [1.165, 1.54) is 12.1 Å². The average molecular weight is 655 g/mol. The van der Waals surface area contributed by atoms with E-state index < -0.39 is 10.0 Å². The second-order valence-corrected chi connectivity index (χ2v) is 12.0. The molecule has 10 nitrogen and oxygen atoms in total. The van der Waals surface area contributed by atoms with Crippen molar-refractivity contribution in [3.63, 3.8) is 0 Å². The van der Waals surface area contributed by atoms with Gasteiger partial charge in [-0.1, -0.05) is 67.1 Å². The predicted octanol–water partition coefficient (Wildman–Crippen LogP) is 5.96. The summed E-state index contributed by atoms with van der Waals surface area (Å²) in [7, 11) is -3.71. The normalized spacial score (nSPS) is 11.5. The van der Waals surface area contributed by atoms with Crippen molar-refractivity contribution < 1.29 is 27.4 Å². The third-order valence-electron chi connectivity index (χ3n) is 6.41. The minimum Gasteiger partial charge on any atom is -0.379 e. The molecule has 0 aliphatic heterocycles. The third-order valence-corrected chi connectivity index (χ3v) is 8.16. The zero-order valence-electron chi connectivity index (χ0n) is 25.3. The van der Waals surface area contributed by atoms with E-state index in [2.05, 4.69) is 26.9 Å². The van der Waals surface area contributed by atoms with E-state index in [0.717, 1.165) is 29.7 Å². The van der Waals surface area contributed by atoms with E-state index in [9.17, 15) is 8.42 Å². The Balaban J connectivity index is 1.20. The molecule has 45 heavy (non-hydrogen) atoms. The molecular formula is C33H39ClN4O6S. The predicted molar refractivity (Wildman–Crippen MR) is 176 cm³/mol. The van der Waals surface area contributed by atoms with E-state index in [1.54, 1.807) is 18.3 Å². The van der Waals surface area contributed by atoms with Crippen LogP contribution in [0.3, 0.4) is 0 Å². The summed E-state index contributed by atoms with van der Waals surface area (Å²) in [5.41, 5.74) is 4.20. The average Bonchev–Trinajstić information content (AvgIpc) is 3.06. The van der Waals surface area contributed by atoms with Gasteiger partial charge in [-0.05, 0) is 47.9 Å². The lowest BCUT2D eigenvalue weighted by Gasteiger charge is -2.11. The molecule has 0 fully saturated rings. The van der Waals surface area contributed by atoms with Crippen molar-refractivity contribution >= 4 is 33.3 Å². The number of hydrogen-bond acceptors (Lipinski definition) is 9. The van der Waals surface area contributed by atoms with Crippen molar-refractivity contribution in [2.45, 2.75) is 18.2 Å². The largest absolute Gasteiger partial charge is 0.379 e. The molecule has 1 aromatic heterocycles. The molecule has 4 rings (SSSR count). The third kappa shape index (κ3) is 11.5. The Morgan fingerprint density at radius 2 is 1.31 bits per heavy atom. The lowest BCUT2D eigenvalue weighted by molar-refractivity contribution is -0.00109. The Bertz CT molecular complexity index is 1560. The summed E-state index contributed by atoms with van der Waals surface area (Å²) in [6, 6.07) is 24.3. The number of rotatable bonds is 20. The fourth-order valence-electron chi connectivity index (χ4n) is 4.19. The molecule has 0 bridgehead atoms. The molecule has 0 unspecified atom stereocenters. The van der Waals surface area contributed by atoms with Gasteiger partial charge in [0.1, 0.15) is 0 Å². The van der Waals surface area contributed by atoms with Crippen molar-refractivity contribution in [3.8, 4) is 22.4 Å². The van der Waals surface area contributed by atoms with E-state index in [0.29, 0.717) is 62.0 Å². The molecule has 0 spiro atoms. The van der Waals surface area contributed by atoms with E-state index in [-0.39, 0.29) is 18.0 Å². The molecule has 0 aliphatic rings. The van der Waals surface area contributed by atoms with Crippen molar-refractivity contribution in [2.24, 2.45) is 0 Å². The first-order valence-corrected chi connectivity index (χ1v) is 16.7. The van der Waals surface area contributed by atoms with Crippen molar-refractivity contribution in [1.82, 2.24) is 14.7 Å². The summed E-state index contributed by atoms with van der Waals surface area (Å²) < 4.78 is 49.6. The standard InChI is InChI=1S/C33H39ClN4O6S/c1-2-16-41-18-20-43-22-23-44-21-19-42-17-15-36-45(39,40)30-13-11-29(12-14-30)37-33-35-25-31(34)32(38-33)28-10-6-9-27(24-28)26-7-4-3-5-8-26/h3-14,24-25,36H,2,15-23H2,1H3,(H,35,37,38).